The summed E-state index contributed by atoms with van der Waals surface area (Å²) in [5.74, 6) is 0. The van der Waals surface area contributed by atoms with Gasteiger partial charge in [0.05, 0.1) is 5.69 Å². The number of hydrogen-bond donors (Lipinski definition) is 0. The first-order valence-electron chi connectivity index (χ1n) is 6.51. The van der Waals surface area contributed by atoms with Crippen molar-refractivity contribution in [3.8, 4) is 0 Å². The Hall–Kier alpha value is -2.06. The SMILES string of the molecule is Brc1ccccc1N(c1ccccc1)c1ccccc1. The van der Waals surface area contributed by atoms with Crippen molar-refractivity contribution in [2.75, 3.05) is 4.90 Å². The maximum absolute atomic E-state index is 3.65. The van der Waals surface area contributed by atoms with E-state index in [1.54, 1.807) is 0 Å². The van der Waals surface area contributed by atoms with E-state index in [0.717, 1.165) is 21.5 Å². The Morgan fingerprint density at radius 3 is 1.50 bits per heavy atom. The lowest BCUT2D eigenvalue weighted by Gasteiger charge is -2.26. The molecule has 20 heavy (non-hydrogen) atoms. The van der Waals surface area contributed by atoms with Gasteiger partial charge in [0.25, 0.3) is 0 Å². The molecule has 2 heteroatoms. The lowest BCUT2D eigenvalue weighted by atomic mass is 10.2. The van der Waals surface area contributed by atoms with Gasteiger partial charge in [0.1, 0.15) is 0 Å². The van der Waals surface area contributed by atoms with E-state index in [9.17, 15) is 0 Å². The Bertz CT molecular complexity index is 641. The molecule has 98 valence electrons. The summed E-state index contributed by atoms with van der Waals surface area (Å²) in [4.78, 5) is 2.24. The molecule has 3 aromatic carbocycles. The second-order valence-corrected chi connectivity index (χ2v) is 5.31. The number of benzene rings is 3. The van der Waals surface area contributed by atoms with Crippen molar-refractivity contribution in [3.63, 3.8) is 0 Å². The average Bonchev–Trinajstić information content (AvgIpc) is 2.52. The fourth-order valence-electron chi connectivity index (χ4n) is 2.21. The van der Waals surface area contributed by atoms with Gasteiger partial charge in [-0.15, -0.1) is 0 Å². The lowest BCUT2D eigenvalue weighted by molar-refractivity contribution is 1.27. The minimum Gasteiger partial charge on any atom is -0.309 e. The van der Waals surface area contributed by atoms with Gasteiger partial charge in [0.15, 0.2) is 0 Å². The Balaban J connectivity index is 2.17. The van der Waals surface area contributed by atoms with Crippen LogP contribution in [0.4, 0.5) is 17.1 Å². The van der Waals surface area contributed by atoms with Crippen LogP contribution in [0.25, 0.3) is 0 Å². The van der Waals surface area contributed by atoms with Crippen LogP contribution in [-0.2, 0) is 0 Å². The standard InChI is InChI=1S/C18H14BrN/c19-17-13-7-8-14-18(17)20(15-9-3-1-4-10-15)16-11-5-2-6-12-16/h1-14H. The molecule has 0 aromatic heterocycles. The predicted molar refractivity (Wildman–Crippen MR) is 88.8 cm³/mol. The molecule has 0 saturated carbocycles. The van der Waals surface area contributed by atoms with Crippen molar-refractivity contribution in [2.24, 2.45) is 0 Å². The molecule has 0 amide bonds. The maximum atomic E-state index is 3.65. The third kappa shape index (κ3) is 2.61. The van der Waals surface area contributed by atoms with E-state index in [2.05, 4.69) is 87.6 Å². The third-order valence-electron chi connectivity index (χ3n) is 3.12. The van der Waals surface area contributed by atoms with E-state index in [1.807, 2.05) is 18.2 Å². The van der Waals surface area contributed by atoms with Gasteiger partial charge >= 0.3 is 0 Å². The molecule has 0 N–H and O–H groups in total. The maximum Gasteiger partial charge on any atom is 0.0603 e. The monoisotopic (exact) mass is 323 g/mol. The highest BCUT2D eigenvalue weighted by atomic mass is 79.9. The van der Waals surface area contributed by atoms with Gasteiger partial charge in [-0.3, -0.25) is 0 Å². The van der Waals surface area contributed by atoms with Crippen molar-refractivity contribution in [1.82, 2.24) is 0 Å². The molecule has 0 heterocycles. The first-order chi connectivity index (χ1) is 9.86. The van der Waals surface area contributed by atoms with Gasteiger partial charge in [0.2, 0.25) is 0 Å². The van der Waals surface area contributed by atoms with E-state index in [4.69, 9.17) is 0 Å². The smallest absolute Gasteiger partial charge is 0.0603 e. The first kappa shape index (κ1) is 12.9. The highest BCUT2D eigenvalue weighted by Crippen LogP contribution is 2.38. The lowest BCUT2D eigenvalue weighted by Crippen LogP contribution is -2.10. The minimum absolute atomic E-state index is 1.08. The second kappa shape index (κ2) is 5.93. The molecule has 0 aliphatic heterocycles. The number of anilines is 3. The van der Waals surface area contributed by atoms with Crippen LogP contribution in [0.15, 0.2) is 89.4 Å². The summed E-state index contributed by atoms with van der Waals surface area (Å²) >= 11 is 3.65. The van der Waals surface area contributed by atoms with Crippen LogP contribution in [0.3, 0.4) is 0 Å². The highest BCUT2D eigenvalue weighted by molar-refractivity contribution is 9.10. The number of nitrogens with zero attached hydrogens (tertiary/aromatic N) is 1. The zero-order valence-corrected chi connectivity index (χ0v) is 12.5. The van der Waals surface area contributed by atoms with Gasteiger partial charge in [-0.05, 0) is 52.3 Å². The summed E-state index contributed by atoms with van der Waals surface area (Å²) in [5, 5.41) is 0. The van der Waals surface area contributed by atoms with Crippen molar-refractivity contribution >= 4 is 33.0 Å². The fraction of sp³-hybridized carbons (Fsp3) is 0. The molecule has 3 rings (SSSR count). The van der Waals surface area contributed by atoms with Gasteiger partial charge < -0.3 is 4.90 Å². The van der Waals surface area contributed by atoms with Crippen LogP contribution in [0.1, 0.15) is 0 Å². The Labute approximate surface area is 127 Å². The van der Waals surface area contributed by atoms with Crippen LogP contribution in [0.5, 0.6) is 0 Å². The molecule has 0 spiro atoms. The van der Waals surface area contributed by atoms with Gasteiger partial charge in [-0.25, -0.2) is 0 Å². The summed E-state index contributed by atoms with van der Waals surface area (Å²) in [7, 11) is 0. The molecule has 0 radical (unpaired) electrons. The minimum atomic E-state index is 1.08. The molecule has 0 atom stereocenters. The van der Waals surface area contributed by atoms with Gasteiger partial charge in [-0.1, -0.05) is 48.5 Å². The summed E-state index contributed by atoms with van der Waals surface area (Å²) in [6, 6.07) is 29.0. The molecule has 3 aromatic rings. The highest BCUT2D eigenvalue weighted by Gasteiger charge is 2.13. The van der Waals surface area contributed by atoms with E-state index >= 15 is 0 Å². The fourth-order valence-corrected chi connectivity index (χ4v) is 2.68. The number of rotatable bonds is 3. The number of para-hydroxylation sites is 3. The topological polar surface area (TPSA) is 3.24 Å². The van der Waals surface area contributed by atoms with Crippen molar-refractivity contribution in [1.29, 1.82) is 0 Å². The van der Waals surface area contributed by atoms with Crippen LogP contribution in [0, 0.1) is 0 Å². The van der Waals surface area contributed by atoms with Gasteiger partial charge in [0, 0.05) is 15.8 Å². The van der Waals surface area contributed by atoms with Crippen LogP contribution in [0.2, 0.25) is 0 Å². The normalized spacial score (nSPS) is 10.2. The molecular weight excluding hydrogens is 310 g/mol. The van der Waals surface area contributed by atoms with E-state index in [0.29, 0.717) is 0 Å². The van der Waals surface area contributed by atoms with E-state index < -0.39 is 0 Å². The third-order valence-corrected chi connectivity index (χ3v) is 3.79. The molecule has 0 fully saturated rings. The van der Waals surface area contributed by atoms with Crippen molar-refractivity contribution < 1.29 is 0 Å². The summed E-state index contributed by atoms with van der Waals surface area (Å²) in [6.45, 7) is 0. The average molecular weight is 324 g/mol. The number of hydrogen-bond acceptors (Lipinski definition) is 1. The Morgan fingerprint density at radius 2 is 1.00 bits per heavy atom. The molecule has 1 nitrogen and oxygen atoms in total. The van der Waals surface area contributed by atoms with Crippen LogP contribution >= 0.6 is 15.9 Å². The van der Waals surface area contributed by atoms with Gasteiger partial charge in [-0.2, -0.15) is 0 Å². The summed E-state index contributed by atoms with van der Waals surface area (Å²) in [6.07, 6.45) is 0. The van der Waals surface area contributed by atoms with Crippen LogP contribution < -0.4 is 4.90 Å². The zero-order valence-electron chi connectivity index (χ0n) is 10.9. The first-order valence-corrected chi connectivity index (χ1v) is 7.30. The summed E-state index contributed by atoms with van der Waals surface area (Å²) < 4.78 is 1.08. The summed E-state index contributed by atoms with van der Waals surface area (Å²) in [5.41, 5.74) is 3.42. The van der Waals surface area contributed by atoms with E-state index in [-0.39, 0.29) is 0 Å². The Morgan fingerprint density at radius 1 is 0.550 bits per heavy atom. The quantitative estimate of drug-likeness (QED) is 0.578. The molecule has 0 bridgehead atoms. The molecule has 0 saturated heterocycles. The largest absolute Gasteiger partial charge is 0.309 e. The van der Waals surface area contributed by atoms with Crippen molar-refractivity contribution in [3.05, 3.63) is 89.4 Å². The molecule has 0 aliphatic rings. The second-order valence-electron chi connectivity index (χ2n) is 4.46. The van der Waals surface area contributed by atoms with Crippen LogP contribution in [-0.4, -0.2) is 0 Å². The zero-order chi connectivity index (χ0) is 13.8. The predicted octanol–water partition coefficient (Wildman–Crippen LogP) is 5.92. The van der Waals surface area contributed by atoms with Crippen molar-refractivity contribution in [2.45, 2.75) is 0 Å². The molecular formula is C18H14BrN. The Kier molecular flexibility index (Phi) is 3.84. The molecule has 0 aliphatic carbocycles. The molecule has 0 unspecified atom stereocenters. The number of halogens is 1. The van der Waals surface area contributed by atoms with E-state index in [1.165, 1.54) is 0 Å².